The van der Waals surface area contributed by atoms with Gasteiger partial charge in [0.05, 0.1) is 5.88 Å². The Morgan fingerprint density at radius 1 is 1.47 bits per heavy atom. The molecule has 0 radical (unpaired) electrons. The number of phenols is 1. The highest BCUT2D eigenvalue weighted by Crippen LogP contribution is 2.31. The lowest BCUT2D eigenvalue weighted by atomic mass is 10.2. The second kappa shape index (κ2) is 4.67. The molecule has 2 rings (SSSR count). The first kappa shape index (κ1) is 11.8. The van der Waals surface area contributed by atoms with Crippen LogP contribution in [0.3, 0.4) is 0 Å². The summed E-state index contributed by atoms with van der Waals surface area (Å²) in [6, 6.07) is 5.84. The van der Waals surface area contributed by atoms with E-state index >= 15 is 0 Å². The fourth-order valence-electron chi connectivity index (χ4n) is 1.43. The Labute approximate surface area is 102 Å². The molecule has 0 saturated heterocycles. The van der Waals surface area contributed by atoms with E-state index < -0.39 is 5.63 Å². The van der Waals surface area contributed by atoms with E-state index in [-0.39, 0.29) is 17.6 Å². The molecule has 1 aromatic carbocycles. The number of alkyl halides is 1. The van der Waals surface area contributed by atoms with Crippen molar-refractivity contribution in [3.05, 3.63) is 34.7 Å². The normalized spacial score (nSPS) is 12.6. The lowest BCUT2D eigenvalue weighted by Gasteiger charge is -2.13. The summed E-state index contributed by atoms with van der Waals surface area (Å²) in [4.78, 5) is 11.1. The Bertz CT molecular complexity index is 591. The summed E-state index contributed by atoms with van der Waals surface area (Å²) in [5.41, 5.74) is -0.0772. The molecule has 0 spiro atoms. The molecule has 17 heavy (non-hydrogen) atoms. The van der Waals surface area contributed by atoms with Crippen LogP contribution >= 0.6 is 11.6 Å². The van der Waals surface area contributed by atoms with E-state index in [1.54, 1.807) is 13.0 Å². The minimum absolute atomic E-state index is 0.0108. The minimum Gasteiger partial charge on any atom is -0.504 e. The molecule has 2 aromatic rings. The van der Waals surface area contributed by atoms with E-state index in [1.807, 2.05) is 0 Å². The summed E-state index contributed by atoms with van der Waals surface area (Å²) in [6.07, 6.45) is -0.240. The van der Waals surface area contributed by atoms with Crippen LogP contribution in [0.5, 0.6) is 11.5 Å². The van der Waals surface area contributed by atoms with Crippen molar-refractivity contribution in [2.45, 2.75) is 13.0 Å². The third-order valence-electron chi connectivity index (χ3n) is 2.25. The summed E-state index contributed by atoms with van der Waals surface area (Å²) < 4.78 is 10.4. The highest BCUT2D eigenvalue weighted by molar-refractivity contribution is 6.18. The van der Waals surface area contributed by atoms with E-state index in [0.717, 1.165) is 0 Å². The predicted molar refractivity (Wildman–Crippen MR) is 65.0 cm³/mol. The second-order valence-corrected chi connectivity index (χ2v) is 4.00. The third-order valence-corrected chi connectivity index (χ3v) is 2.68. The lowest BCUT2D eigenvalue weighted by molar-refractivity contribution is 0.235. The summed E-state index contributed by atoms with van der Waals surface area (Å²) in [6.45, 7) is 1.78. The van der Waals surface area contributed by atoms with Gasteiger partial charge in [-0.2, -0.15) is 0 Å². The number of benzene rings is 1. The summed E-state index contributed by atoms with van der Waals surface area (Å²) in [5.74, 6) is 0.541. The van der Waals surface area contributed by atoms with Gasteiger partial charge in [0.25, 0.3) is 0 Å². The molecule has 1 N–H and O–H groups in total. The molecule has 1 aromatic heterocycles. The summed E-state index contributed by atoms with van der Waals surface area (Å²) in [5, 5.41) is 10.4. The maximum absolute atomic E-state index is 11.1. The quantitative estimate of drug-likeness (QED) is 0.675. The fourth-order valence-corrected chi connectivity index (χ4v) is 1.49. The number of rotatable bonds is 3. The van der Waals surface area contributed by atoms with Crippen molar-refractivity contribution in [2.24, 2.45) is 0 Å². The molecule has 5 heteroatoms. The van der Waals surface area contributed by atoms with Gasteiger partial charge in [-0.15, -0.1) is 11.6 Å². The zero-order valence-corrected chi connectivity index (χ0v) is 9.90. The lowest BCUT2D eigenvalue weighted by Crippen LogP contribution is -2.13. The monoisotopic (exact) mass is 254 g/mol. The third kappa shape index (κ3) is 2.53. The zero-order valence-electron chi connectivity index (χ0n) is 9.14. The van der Waals surface area contributed by atoms with Crippen molar-refractivity contribution in [1.29, 1.82) is 0 Å². The number of aromatic hydroxyl groups is 1. The van der Waals surface area contributed by atoms with Gasteiger partial charge >= 0.3 is 5.63 Å². The van der Waals surface area contributed by atoms with Crippen LogP contribution in [0.15, 0.2) is 33.5 Å². The molecule has 0 aliphatic rings. The minimum atomic E-state index is -0.445. The first-order valence-electron chi connectivity index (χ1n) is 5.09. The van der Waals surface area contributed by atoms with Crippen LogP contribution < -0.4 is 10.4 Å². The van der Waals surface area contributed by atoms with Gasteiger partial charge in [-0.05, 0) is 19.1 Å². The topological polar surface area (TPSA) is 59.7 Å². The Morgan fingerprint density at radius 3 is 2.94 bits per heavy atom. The number of ether oxygens (including phenoxy) is 1. The van der Waals surface area contributed by atoms with E-state index in [1.165, 1.54) is 18.2 Å². The van der Waals surface area contributed by atoms with Gasteiger partial charge in [0, 0.05) is 17.5 Å². The molecule has 1 atom stereocenters. The van der Waals surface area contributed by atoms with Crippen LogP contribution in [0.4, 0.5) is 0 Å². The molecule has 0 bridgehead atoms. The van der Waals surface area contributed by atoms with Gasteiger partial charge in [0.2, 0.25) is 0 Å². The molecule has 0 amide bonds. The van der Waals surface area contributed by atoms with Crippen molar-refractivity contribution in [3.63, 3.8) is 0 Å². The van der Waals surface area contributed by atoms with E-state index in [4.69, 9.17) is 20.8 Å². The van der Waals surface area contributed by atoms with Crippen LogP contribution in [0, 0.1) is 0 Å². The molecule has 0 aliphatic heterocycles. The predicted octanol–water partition coefficient (Wildman–Crippen LogP) is 2.50. The fraction of sp³-hybridized carbons (Fsp3) is 0.250. The molecule has 4 nitrogen and oxygen atoms in total. The highest BCUT2D eigenvalue weighted by Gasteiger charge is 2.10. The van der Waals surface area contributed by atoms with Crippen molar-refractivity contribution in [2.75, 3.05) is 5.88 Å². The van der Waals surface area contributed by atoms with Gasteiger partial charge in [-0.25, -0.2) is 4.79 Å². The molecule has 1 heterocycles. The van der Waals surface area contributed by atoms with Crippen LogP contribution in [0.1, 0.15) is 6.92 Å². The van der Waals surface area contributed by atoms with Gasteiger partial charge in [-0.3, -0.25) is 0 Å². The van der Waals surface area contributed by atoms with Crippen LogP contribution in [-0.4, -0.2) is 17.1 Å². The van der Waals surface area contributed by atoms with Gasteiger partial charge < -0.3 is 14.3 Å². The SMILES string of the molecule is CC(CCl)Oc1cc2oc(=O)ccc2cc1O. The summed E-state index contributed by atoms with van der Waals surface area (Å²) in [7, 11) is 0. The number of fused-ring (bicyclic) bond motifs is 1. The van der Waals surface area contributed by atoms with Crippen molar-refractivity contribution >= 4 is 22.6 Å². The van der Waals surface area contributed by atoms with Crippen molar-refractivity contribution in [3.8, 4) is 11.5 Å². The molecule has 90 valence electrons. The number of phenolic OH excluding ortho intramolecular Hbond substituents is 1. The van der Waals surface area contributed by atoms with Crippen molar-refractivity contribution < 1.29 is 14.3 Å². The Balaban J connectivity index is 2.49. The standard InChI is InChI=1S/C12H11ClO4/c1-7(6-13)16-11-5-10-8(4-9(11)14)2-3-12(15)17-10/h2-5,7,14H,6H2,1H3. The molecular formula is C12H11ClO4. The highest BCUT2D eigenvalue weighted by atomic mass is 35.5. The van der Waals surface area contributed by atoms with Crippen LogP contribution in [0.2, 0.25) is 0 Å². The first-order valence-corrected chi connectivity index (χ1v) is 5.63. The number of hydrogen-bond donors (Lipinski definition) is 1. The molecule has 1 unspecified atom stereocenters. The van der Waals surface area contributed by atoms with Crippen LogP contribution in [0.25, 0.3) is 11.0 Å². The number of hydrogen-bond acceptors (Lipinski definition) is 4. The molecular weight excluding hydrogens is 244 g/mol. The average molecular weight is 255 g/mol. The van der Waals surface area contributed by atoms with Gasteiger partial charge in [0.1, 0.15) is 11.7 Å². The maximum atomic E-state index is 11.1. The Hall–Kier alpha value is -1.68. The summed E-state index contributed by atoms with van der Waals surface area (Å²) >= 11 is 5.62. The van der Waals surface area contributed by atoms with E-state index in [2.05, 4.69) is 0 Å². The average Bonchev–Trinajstić information content (AvgIpc) is 2.30. The number of halogens is 1. The molecule has 0 fully saturated rings. The van der Waals surface area contributed by atoms with E-state index in [0.29, 0.717) is 16.8 Å². The molecule has 0 aliphatic carbocycles. The van der Waals surface area contributed by atoms with Gasteiger partial charge in [-0.1, -0.05) is 0 Å². The zero-order chi connectivity index (χ0) is 12.4. The molecule has 0 saturated carbocycles. The van der Waals surface area contributed by atoms with E-state index in [9.17, 15) is 9.90 Å². The second-order valence-electron chi connectivity index (χ2n) is 3.69. The van der Waals surface area contributed by atoms with Gasteiger partial charge in [0.15, 0.2) is 11.5 Å². The maximum Gasteiger partial charge on any atom is 0.336 e. The van der Waals surface area contributed by atoms with Crippen molar-refractivity contribution in [1.82, 2.24) is 0 Å². The largest absolute Gasteiger partial charge is 0.504 e. The van der Waals surface area contributed by atoms with Crippen LogP contribution in [-0.2, 0) is 0 Å². The Morgan fingerprint density at radius 2 is 2.24 bits per heavy atom. The first-order chi connectivity index (χ1) is 8.10. The Kier molecular flexibility index (Phi) is 3.24. The smallest absolute Gasteiger partial charge is 0.336 e.